The first kappa shape index (κ1) is 28.0. The van der Waals surface area contributed by atoms with Crippen LogP contribution in [-0.4, -0.2) is 14.5 Å². The summed E-state index contributed by atoms with van der Waals surface area (Å²) < 4.78 is 2.45. The molecule has 0 fully saturated rings. The summed E-state index contributed by atoms with van der Waals surface area (Å²) in [6, 6.07) is 63.1. The third-order valence-electron chi connectivity index (χ3n) is 10.5. The Balaban J connectivity index is 1.27. The van der Waals surface area contributed by atoms with Crippen LogP contribution in [0.2, 0.25) is 0 Å². The molecule has 0 amide bonds. The molecule has 0 saturated heterocycles. The van der Waals surface area contributed by atoms with Crippen molar-refractivity contribution >= 4 is 43.5 Å². The van der Waals surface area contributed by atoms with Gasteiger partial charge in [-0.2, -0.15) is 0 Å². The molecule has 11 rings (SSSR count). The van der Waals surface area contributed by atoms with Gasteiger partial charge in [0, 0.05) is 38.5 Å². The average molecular weight is 648 g/mol. The van der Waals surface area contributed by atoms with E-state index in [0.29, 0.717) is 0 Å². The maximum atomic E-state index is 5.21. The quantitative estimate of drug-likeness (QED) is 0.190. The molecule has 3 nitrogen and oxygen atoms in total. The molecule has 10 aromatic rings. The monoisotopic (exact) mass is 647 g/mol. The minimum absolute atomic E-state index is 0.726. The zero-order valence-corrected chi connectivity index (χ0v) is 27.6. The van der Waals surface area contributed by atoms with E-state index in [1.54, 1.807) is 0 Å². The van der Waals surface area contributed by atoms with Crippen molar-refractivity contribution in [1.82, 2.24) is 14.5 Å². The molecule has 0 aliphatic heterocycles. The fraction of sp³-hybridized carbons (Fsp3) is 0. The summed E-state index contributed by atoms with van der Waals surface area (Å²) in [6.07, 6.45) is 0. The first-order chi connectivity index (χ1) is 25.3. The lowest BCUT2D eigenvalue weighted by Crippen LogP contribution is -1.99. The number of fused-ring (bicyclic) bond motifs is 4. The van der Waals surface area contributed by atoms with Crippen molar-refractivity contribution in [3.63, 3.8) is 0 Å². The zero-order chi connectivity index (χ0) is 33.5. The van der Waals surface area contributed by atoms with Gasteiger partial charge in [-0.15, -0.1) is 0 Å². The van der Waals surface area contributed by atoms with Crippen molar-refractivity contribution in [2.45, 2.75) is 0 Å². The third-order valence-corrected chi connectivity index (χ3v) is 10.5. The Kier molecular flexibility index (Phi) is 5.96. The molecule has 236 valence electrons. The van der Waals surface area contributed by atoms with Crippen LogP contribution in [0.25, 0.3) is 105 Å². The Morgan fingerprint density at radius 1 is 0.392 bits per heavy atom. The van der Waals surface area contributed by atoms with Crippen LogP contribution >= 0.6 is 0 Å². The smallest absolute Gasteiger partial charge is 0.160 e. The second-order valence-electron chi connectivity index (χ2n) is 13.3. The van der Waals surface area contributed by atoms with Gasteiger partial charge in [0.15, 0.2) is 5.82 Å². The zero-order valence-electron chi connectivity index (χ0n) is 27.6. The number of hydrogen-bond donors (Lipinski definition) is 0. The van der Waals surface area contributed by atoms with Crippen molar-refractivity contribution in [3.8, 4) is 61.7 Å². The Labute approximate surface area is 294 Å². The summed E-state index contributed by atoms with van der Waals surface area (Å²) in [7, 11) is 0. The van der Waals surface area contributed by atoms with Crippen molar-refractivity contribution < 1.29 is 0 Å². The highest BCUT2D eigenvalue weighted by atomic mass is 15.0. The molecule has 0 N–H and O–H groups in total. The summed E-state index contributed by atoms with van der Waals surface area (Å²) in [5.41, 5.74) is 14.9. The van der Waals surface area contributed by atoms with Crippen molar-refractivity contribution in [2.75, 3.05) is 0 Å². The third kappa shape index (κ3) is 4.12. The first-order valence-electron chi connectivity index (χ1n) is 17.4. The molecular weight excluding hydrogens is 619 g/mol. The average Bonchev–Trinajstić information content (AvgIpc) is 3.48. The van der Waals surface area contributed by atoms with Gasteiger partial charge in [-0.1, -0.05) is 146 Å². The van der Waals surface area contributed by atoms with Crippen LogP contribution < -0.4 is 0 Å². The standard InChI is InChI=1S/C48H29N3/c1-4-13-30(14-5-1)35-25-28-42-46-44(35)38-21-11-10-20-36(38)37-22-12-19-31-23-27-41(45(46)43(31)37)51(42)34-24-26-40-39(29-34)47(32-15-6-2-7-16-32)50-48(49-40)33-17-8-3-9-18-33/h1-29H. The highest BCUT2D eigenvalue weighted by molar-refractivity contribution is 6.31. The SMILES string of the molecule is c1ccc(-c2nc(-c3ccccc3)c3cc(-n4c5ccc(-c6ccccc6)c6c5c5c7c(cccc7ccc54)-c4ccccc4-6)ccc3n2)cc1. The lowest BCUT2D eigenvalue weighted by atomic mass is 9.88. The highest BCUT2D eigenvalue weighted by Crippen LogP contribution is 2.52. The van der Waals surface area contributed by atoms with Gasteiger partial charge >= 0.3 is 0 Å². The fourth-order valence-corrected chi connectivity index (χ4v) is 8.33. The second-order valence-corrected chi connectivity index (χ2v) is 13.3. The largest absolute Gasteiger partial charge is 0.309 e. The summed E-state index contributed by atoms with van der Waals surface area (Å²) in [6.45, 7) is 0. The highest BCUT2D eigenvalue weighted by Gasteiger charge is 2.27. The van der Waals surface area contributed by atoms with Gasteiger partial charge < -0.3 is 4.57 Å². The van der Waals surface area contributed by atoms with E-state index in [1.165, 1.54) is 66.0 Å². The number of rotatable bonds is 4. The summed E-state index contributed by atoms with van der Waals surface area (Å²) in [5, 5.41) is 6.15. The summed E-state index contributed by atoms with van der Waals surface area (Å²) in [4.78, 5) is 10.3. The van der Waals surface area contributed by atoms with Crippen molar-refractivity contribution in [2.24, 2.45) is 0 Å². The predicted molar refractivity (Wildman–Crippen MR) is 212 cm³/mol. The van der Waals surface area contributed by atoms with Gasteiger partial charge in [-0.25, -0.2) is 9.97 Å². The normalized spacial score (nSPS) is 11.9. The first-order valence-corrected chi connectivity index (χ1v) is 17.4. The van der Waals surface area contributed by atoms with E-state index in [4.69, 9.17) is 9.97 Å². The van der Waals surface area contributed by atoms with Gasteiger partial charge in [0.25, 0.3) is 0 Å². The van der Waals surface area contributed by atoms with Gasteiger partial charge in [-0.3, -0.25) is 0 Å². The molecule has 0 unspecified atom stereocenters. The maximum Gasteiger partial charge on any atom is 0.160 e. The van der Waals surface area contributed by atoms with Crippen LogP contribution in [0.15, 0.2) is 176 Å². The van der Waals surface area contributed by atoms with Gasteiger partial charge in [0.05, 0.1) is 22.2 Å². The van der Waals surface area contributed by atoms with Crippen molar-refractivity contribution in [1.29, 1.82) is 0 Å². The van der Waals surface area contributed by atoms with E-state index in [1.807, 2.05) is 18.2 Å². The summed E-state index contributed by atoms with van der Waals surface area (Å²) >= 11 is 0. The molecule has 0 bridgehead atoms. The molecule has 0 atom stereocenters. The van der Waals surface area contributed by atoms with E-state index < -0.39 is 0 Å². The Morgan fingerprint density at radius 2 is 1.04 bits per heavy atom. The predicted octanol–water partition coefficient (Wildman–Crippen LogP) is 12.5. The Morgan fingerprint density at radius 3 is 1.82 bits per heavy atom. The topological polar surface area (TPSA) is 30.7 Å². The van der Waals surface area contributed by atoms with Crippen LogP contribution in [-0.2, 0) is 0 Å². The van der Waals surface area contributed by atoms with Crippen LogP contribution in [0.4, 0.5) is 0 Å². The fourth-order valence-electron chi connectivity index (χ4n) is 8.33. The van der Waals surface area contributed by atoms with Crippen molar-refractivity contribution in [3.05, 3.63) is 176 Å². The van der Waals surface area contributed by atoms with Crippen LogP contribution in [0.1, 0.15) is 0 Å². The lowest BCUT2D eigenvalue weighted by Gasteiger charge is -2.17. The Hall–Kier alpha value is -6.84. The molecule has 8 aromatic carbocycles. The Bertz CT molecular complexity index is 3000. The van der Waals surface area contributed by atoms with E-state index in [2.05, 4.69) is 162 Å². The molecule has 51 heavy (non-hydrogen) atoms. The van der Waals surface area contributed by atoms with E-state index in [-0.39, 0.29) is 0 Å². The van der Waals surface area contributed by atoms with E-state index in [9.17, 15) is 0 Å². The lowest BCUT2D eigenvalue weighted by molar-refractivity contribution is 1.18. The van der Waals surface area contributed by atoms with E-state index >= 15 is 0 Å². The van der Waals surface area contributed by atoms with Gasteiger partial charge in [0.2, 0.25) is 0 Å². The summed E-state index contributed by atoms with van der Waals surface area (Å²) in [5.74, 6) is 0.726. The molecule has 2 heterocycles. The minimum atomic E-state index is 0.726. The molecule has 0 saturated carbocycles. The number of nitrogens with zero attached hydrogens (tertiary/aromatic N) is 3. The molecule has 3 heteroatoms. The molecular formula is C48H29N3. The number of benzene rings is 8. The number of hydrogen-bond acceptors (Lipinski definition) is 2. The number of aromatic nitrogens is 3. The molecule has 0 spiro atoms. The second kappa shape index (κ2) is 10.8. The van der Waals surface area contributed by atoms with Crippen LogP contribution in [0, 0.1) is 0 Å². The maximum absolute atomic E-state index is 5.21. The van der Waals surface area contributed by atoms with Gasteiger partial charge in [0.1, 0.15) is 0 Å². The van der Waals surface area contributed by atoms with Crippen LogP contribution in [0.3, 0.4) is 0 Å². The molecule has 1 aliphatic rings. The molecule has 0 radical (unpaired) electrons. The van der Waals surface area contributed by atoms with E-state index in [0.717, 1.165) is 39.2 Å². The minimum Gasteiger partial charge on any atom is -0.309 e. The van der Waals surface area contributed by atoms with Gasteiger partial charge in [-0.05, 0) is 68.9 Å². The molecule has 2 aromatic heterocycles. The molecule has 1 aliphatic carbocycles. The van der Waals surface area contributed by atoms with Crippen LogP contribution in [0.5, 0.6) is 0 Å².